The van der Waals surface area contributed by atoms with E-state index < -0.39 is 23.9 Å². The maximum atomic E-state index is 12.4. The number of carbonyl (C=O) groups excluding carboxylic acids is 1. The van der Waals surface area contributed by atoms with Crippen molar-refractivity contribution in [3.05, 3.63) is 54.6 Å². The van der Waals surface area contributed by atoms with Gasteiger partial charge in [-0.1, -0.05) is 42.1 Å². The van der Waals surface area contributed by atoms with Crippen molar-refractivity contribution in [3.63, 3.8) is 0 Å². The molecule has 1 amide bonds. The van der Waals surface area contributed by atoms with Crippen LogP contribution in [0.1, 0.15) is 6.92 Å². The third-order valence-corrected chi connectivity index (χ3v) is 5.15. The summed E-state index contributed by atoms with van der Waals surface area (Å²) in [6, 6.07) is 16.5. The highest BCUT2D eigenvalue weighted by Crippen LogP contribution is 2.31. The molecule has 3 aromatic rings. The van der Waals surface area contributed by atoms with Gasteiger partial charge in [0.25, 0.3) is 0 Å². The molecule has 0 radical (unpaired) electrons. The van der Waals surface area contributed by atoms with Crippen LogP contribution in [0.3, 0.4) is 0 Å². The van der Waals surface area contributed by atoms with Crippen LogP contribution in [0.25, 0.3) is 17.1 Å². The molecule has 2 aromatic carbocycles. The highest BCUT2D eigenvalue weighted by atomic mass is 32.2. The summed E-state index contributed by atoms with van der Waals surface area (Å²) in [5.74, 6) is 0.483. The molecule has 0 aliphatic heterocycles. The first-order chi connectivity index (χ1) is 14.3. The molecule has 1 heterocycles. The molecule has 0 aliphatic carbocycles. The van der Waals surface area contributed by atoms with E-state index in [0.717, 1.165) is 23.0 Å². The third-order valence-electron chi connectivity index (χ3n) is 4.11. The number of nitrogens with one attached hydrogen (secondary N) is 1. The fraction of sp³-hybridized carbons (Fsp3) is 0.250. The lowest BCUT2D eigenvalue weighted by Crippen LogP contribution is -2.38. The van der Waals surface area contributed by atoms with Gasteiger partial charge in [0.1, 0.15) is 12.3 Å². The number of amides is 1. The molecule has 0 bridgehead atoms. The highest BCUT2D eigenvalue weighted by molar-refractivity contribution is 8.00. The van der Waals surface area contributed by atoms with Gasteiger partial charge in [0.2, 0.25) is 5.91 Å². The third kappa shape index (κ3) is 5.32. The van der Waals surface area contributed by atoms with E-state index in [0.29, 0.717) is 16.7 Å². The van der Waals surface area contributed by atoms with Crippen molar-refractivity contribution < 1.29 is 22.7 Å². The predicted octanol–water partition coefficient (Wildman–Crippen LogP) is 4.10. The average Bonchev–Trinajstić information content (AvgIpc) is 3.15. The van der Waals surface area contributed by atoms with Gasteiger partial charge in [-0.3, -0.25) is 9.36 Å². The number of aromatic nitrogens is 3. The van der Waals surface area contributed by atoms with Crippen LogP contribution in [0.15, 0.2) is 59.8 Å². The van der Waals surface area contributed by atoms with Gasteiger partial charge >= 0.3 is 6.18 Å². The quantitative estimate of drug-likeness (QED) is 0.565. The zero-order valence-corrected chi connectivity index (χ0v) is 17.0. The lowest BCUT2D eigenvalue weighted by molar-refractivity contribution is -0.137. The molecule has 1 aromatic heterocycles. The summed E-state index contributed by atoms with van der Waals surface area (Å²) in [6.07, 6.45) is -4.47. The number of carbonyl (C=O) groups is 1. The lowest BCUT2D eigenvalue weighted by Gasteiger charge is -2.15. The minimum Gasteiger partial charge on any atom is -0.497 e. The van der Waals surface area contributed by atoms with E-state index in [1.54, 1.807) is 23.8 Å². The fourth-order valence-corrected chi connectivity index (χ4v) is 3.52. The first-order valence-electron chi connectivity index (χ1n) is 8.95. The Labute approximate surface area is 175 Å². The molecule has 0 saturated carbocycles. The molecule has 1 unspecified atom stereocenters. The number of rotatable bonds is 7. The molecular formula is C20H19F3N4O2S. The standard InChI is InChI=1S/C20H19F3N4O2S/c1-13(18(28)24-12-20(21,22)23)30-19-26-25-17(14-6-4-3-5-7-14)27(19)15-8-10-16(29-2)11-9-15/h3-11,13H,12H2,1-2H3,(H,24,28). The van der Waals surface area contributed by atoms with E-state index in [4.69, 9.17) is 4.74 Å². The number of ether oxygens (including phenoxy) is 1. The first kappa shape index (κ1) is 21.7. The first-order valence-corrected chi connectivity index (χ1v) is 9.83. The lowest BCUT2D eigenvalue weighted by atomic mass is 10.2. The fourth-order valence-electron chi connectivity index (χ4n) is 2.63. The molecule has 0 fully saturated rings. The van der Waals surface area contributed by atoms with Crippen molar-refractivity contribution >= 4 is 17.7 Å². The zero-order valence-electron chi connectivity index (χ0n) is 16.2. The summed E-state index contributed by atoms with van der Waals surface area (Å²) in [4.78, 5) is 12.1. The molecule has 30 heavy (non-hydrogen) atoms. The molecule has 0 saturated heterocycles. The summed E-state index contributed by atoms with van der Waals surface area (Å²) < 4.78 is 44.1. The Kier molecular flexibility index (Phi) is 6.66. The highest BCUT2D eigenvalue weighted by Gasteiger charge is 2.29. The van der Waals surface area contributed by atoms with Crippen molar-refractivity contribution in [2.24, 2.45) is 0 Å². The van der Waals surface area contributed by atoms with Crippen molar-refractivity contribution in [3.8, 4) is 22.8 Å². The van der Waals surface area contributed by atoms with Crippen LogP contribution in [0.2, 0.25) is 0 Å². The zero-order chi connectivity index (χ0) is 21.7. The molecule has 158 valence electrons. The number of halogens is 3. The Hall–Kier alpha value is -3.01. The summed E-state index contributed by atoms with van der Waals surface area (Å²) >= 11 is 1.03. The van der Waals surface area contributed by atoms with Crippen molar-refractivity contribution in [2.75, 3.05) is 13.7 Å². The van der Waals surface area contributed by atoms with E-state index in [1.807, 2.05) is 47.8 Å². The van der Waals surface area contributed by atoms with Gasteiger partial charge < -0.3 is 10.1 Å². The van der Waals surface area contributed by atoms with Crippen LogP contribution < -0.4 is 10.1 Å². The van der Waals surface area contributed by atoms with Gasteiger partial charge in [-0.15, -0.1) is 10.2 Å². The van der Waals surface area contributed by atoms with Crippen LogP contribution in [-0.4, -0.2) is 45.8 Å². The normalized spacial score (nSPS) is 12.4. The van der Waals surface area contributed by atoms with E-state index >= 15 is 0 Å². The van der Waals surface area contributed by atoms with Crippen LogP contribution in [-0.2, 0) is 4.79 Å². The van der Waals surface area contributed by atoms with Gasteiger partial charge in [-0.25, -0.2) is 0 Å². The van der Waals surface area contributed by atoms with Crippen LogP contribution in [0.4, 0.5) is 13.2 Å². The van der Waals surface area contributed by atoms with E-state index in [2.05, 4.69) is 10.2 Å². The SMILES string of the molecule is COc1ccc(-n2c(SC(C)C(=O)NCC(F)(F)F)nnc2-c2ccccc2)cc1. The van der Waals surface area contributed by atoms with Gasteiger partial charge in [0.15, 0.2) is 11.0 Å². The Balaban J connectivity index is 1.92. The smallest absolute Gasteiger partial charge is 0.405 e. The predicted molar refractivity (Wildman–Crippen MR) is 108 cm³/mol. The van der Waals surface area contributed by atoms with Gasteiger partial charge in [0, 0.05) is 11.3 Å². The maximum Gasteiger partial charge on any atom is 0.405 e. The molecule has 6 nitrogen and oxygen atoms in total. The van der Waals surface area contributed by atoms with Gasteiger partial charge in [0.05, 0.1) is 12.4 Å². The Morgan fingerprint density at radius 2 is 1.80 bits per heavy atom. The van der Waals surface area contributed by atoms with E-state index in [9.17, 15) is 18.0 Å². The second-order valence-corrected chi connectivity index (χ2v) is 7.61. The average molecular weight is 436 g/mol. The summed E-state index contributed by atoms with van der Waals surface area (Å²) in [7, 11) is 1.56. The molecule has 1 atom stereocenters. The second kappa shape index (κ2) is 9.21. The molecule has 0 spiro atoms. The number of hydrogen-bond acceptors (Lipinski definition) is 5. The number of thioether (sulfide) groups is 1. The molecule has 1 N–H and O–H groups in total. The van der Waals surface area contributed by atoms with E-state index in [-0.39, 0.29) is 0 Å². The summed E-state index contributed by atoms with van der Waals surface area (Å²) in [5.41, 5.74) is 1.53. The minimum atomic E-state index is -4.47. The Bertz CT molecular complexity index is 992. The van der Waals surface area contributed by atoms with E-state index in [1.165, 1.54) is 6.92 Å². The molecule has 0 aliphatic rings. The molecule has 3 rings (SSSR count). The second-order valence-electron chi connectivity index (χ2n) is 6.30. The summed E-state index contributed by atoms with van der Waals surface area (Å²) in [5, 5.41) is 9.91. The van der Waals surface area contributed by atoms with Crippen molar-refractivity contribution in [2.45, 2.75) is 23.5 Å². The number of nitrogens with zero attached hydrogens (tertiary/aromatic N) is 3. The van der Waals surface area contributed by atoms with Gasteiger partial charge in [-0.05, 0) is 31.2 Å². The van der Waals surface area contributed by atoms with Crippen molar-refractivity contribution in [1.82, 2.24) is 20.1 Å². The monoisotopic (exact) mass is 436 g/mol. The Morgan fingerprint density at radius 1 is 1.13 bits per heavy atom. The minimum absolute atomic E-state index is 0.383. The molecule has 10 heteroatoms. The number of alkyl halides is 3. The van der Waals surface area contributed by atoms with Crippen molar-refractivity contribution in [1.29, 1.82) is 0 Å². The van der Waals surface area contributed by atoms with Crippen LogP contribution >= 0.6 is 11.8 Å². The number of benzene rings is 2. The van der Waals surface area contributed by atoms with Crippen LogP contribution in [0, 0.1) is 0 Å². The number of methoxy groups -OCH3 is 1. The number of hydrogen-bond donors (Lipinski definition) is 1. The largest absolute Gasteiger partial charge is 0.497 e. The van der Waals surface area contributed by atoms with Crippen LogP contribution in [0.5, 0.6) is 5.75 Å². The Morgan fingerprint density at radius 3 is 2.40 bits per heavy atom. The maximum absolute atomic E-state index is 12.4. The summed E-state index contributed by atoms with van der Waals surface area (Å²) in [6.45, 7) is 0.142. The molecular weight excluding hydrogens is 417 g/mol. The topological polar surface area (TPSA) is 69.0 Å². The van der Waals surface area contributed by atoms with Gasteiger partial charge in [-0.2, -0.15) is 13.2 Å².